The third-order valence-electron chi connectivity index (χ3n) is 1.52. The van der Waals surface area contributed by atoms with Crippen LogP contribution in [0.3, 0.4) is 0 Å². The maximum atomic E-state index is 5.48. The van der Waals surface area contributed by atoms with Crippen molar-refractivity contribution < 1.29 is 9.47 Å². The van der Waals surface area contributed by atoms with Crippen LogP contribution in [0.5, 0.6) is 5.88 Å². The summed E-state index contributed by atoms with van der Waals surface area (Å²) in [4.78, 5) is 7.66. The second-order valence-electron chi connectivity index (χ2n) is 4.06. The summed E-state index contributed by atoms with van der Waals surface area (Å²) in [6.45, 7) is 6.96. The number of aromatic nitrogens is 2. The molecule has 0 aliphatic carbocycles. The van der Waals surface area contributed by atoms with Gasteiger partial charge in [-0.1, -0.05) is 0 Å². The van der Waals surface area contributed by atoms with Crippen LogP contribution in [0.25, 0.3) is 0 Å². The molecule has 0 saturated heterocycles. The number of hydrogen-bond donors (Lipinski definition) is 1. The zero-order valence-corrected chi connectivity index (χ0v) is 9.36. The quantitative estimate of drug-likeness (QED) is 0.759. The second kappa shape index (κ2) is 4.93. The Balaban J connectivity index is 2.26. The molecule has 0 radical (unpaired) electrons. The molecule has 0 unspecified atom stereocenters. The Kier molecular flexibility index (Phi) is 3.85. The summed E-state index contributed by atoms with van der Waals surface area (Å²) in [5.74, 6) is 0.684. The van der Waals surface area contributed by atoms with Crippen molar-refractivity contribution in [1.29, 1.82) is 0 Å². The van der Waals surface area contributed by atoms with Crippen molar-refractivity contribution in [2.24, 2.45) is 0 Å². The highest BCUT2D eigenvalue weighted by Gasteiger charge is 2.09. The summed E-state index contributed by atoms with van der Waals surface area (Å²) in [6.07, 6.45) is 1.56. The van der Waals surface area contributed by atoms with Crippen molar-refractivity contribution in [1.82, 2.24) is 9.97 Å². The Bertz CT molecular complexity index is 310. The van der Waals surface area contributed by atoms with Gasteiger partial charge in [-0.25, -0.2) is 4.98 Å². The van der Waals surface area contributed by atoms with E-state index < -0.39 is 0 Å². The summed E-state index contributed by atoms with van der Waals surface area (Å²) in [5, 5.41) is 0. The van der Waals surface area contributed by atoms with E-state index >= 15 is 0 Å². The predicted molar refractivity (Wildman–Crippen MR) is 57.6 cm³/mol. The van der Waals surface area contributed by atoms with E-state index in [2.05, 4.69) is 9.97 Å². The average Bonchev–Trinajstić information content (AvgIpc) is 2.11. The molecule has 0 bridgehead atoms. The number of ether oxygens (including phenoxy) is 2. The lowest BCUT2D eigenvalue weighted by Crippen LogP contribution is -2.22. The van der Waals surface area contributed by atoms with Gasteiger partial charge in [-0.2, -0.15) is 4.98 Å². The fourth-order valence-corrected chi connectivity index (χ4v) is 0.931. The lowest BCUT2D eigenvalue weighted by atomic mass is 10.2. The van der Waals surface area contributed by atoms with E-state index in [0.29, 0.717) is 19.1 Å². The molecule has 5 heteroatoms. The van der Waals surface area contributed by atoms with Crippen LogP contribution in [0, 0.1) is 0 Å². The van der Waals surface area contributed by atoms with Crippen LogP contribution < -0.4 is 10.5 Å². The molecule has 1 rings (SSSR count). The highest BCUT2D eigenvalue weighted by molar-refractivity contribution is 5.20. The van der Waals surface area contributed by atoms with Crippen molar-refractivity contribution in [2.45, 2.75) is 26.4 Å². The monoisotopic (exact) mass is 211 g/mol. The standard InChI is InChI=1S/C10H17N3O2/c1-10(2,3)15-7-6-14-8-4-5-12-9(11)13-8/h4-5H,6-7H2,1-3H3,(H2,11,12,13). The van der Waals surface area contributed by atoms with E-state index in [1.165, 1.54) is 0 Å². The van der Waals surface area contributed by atoms with Crippen LogP contribution in [0.1, 0.15) is 20.8 Å². The van der Waals surface area contributed by atoms with Gasteiger partial charge in [-0.05, 0) is 20.8 Å². The van der Waals surface area contributed by atoms with Gasteiger partial charge >= 0.3 is 0 Å². The van der Waals surface area contributed by atoms with Gasteiger partial charge in [0.2, 0.25) is 11.8 Å². The van der Waals surface area contributed by atoms with Crippen molar-refractivity contribution in [3.05, 3.63) is 12.3 Å². The molecule has 1 aromatic heterocycles. The van der Waals surface area contributed by atoms with Crippen LogP contribution in [-0.2, 0) is 4.74 Å². The smallest absolute Gasteiger partial charge is 0.223 e. The number of hydrogen-bond acceptors (Lipinski definition) is 5. The van der Waals surface area contributed by atoms with Crippen molar-refractivity contribution in [3.63, 3.8) is 0 Å². The summed E-state index contributed by atoms with van der Waals surface area (Å²) < 4.78 is 10.8. The van der Waals surface area contributed by atoms with Crippen molar-refractivity contribution >= 4 is 5.95 Å². The first-order chi connectivity index (χ1) is 6.97. The molecular weight excluding hydrogens is 194 g/mol. The first-order valence-corrected chi connectivity index (χ1v) is 4.83. The Labute approximate surface area is 89.6 Å². The summed E-state index contributed by atoms with van der Waals surface area (Å²) >= 11 is 0. The Morgan fingerprint density at radius 2 is 2.07 bits per heavy atom. The molecule has 0 spiro atoms. The van der Waals surface area contributed by atoms with Gasteiger partial charge in [0.05, 0.1) is 12.2 Å². The van der Waals surface area contributed by atoms with Crippen LogP contribution in [-0.4, -0.2) is 28.8 Å². The lowest BCUT2D eigenvalue weighted by molar-refractivity contribution is -0.0168. The zero-order valence-electron chi connectivity index (χ0n) is 9.36. The third kappa shape index (κ3) is 5.17. The molecule has 0 aliphatic heterocycles. The van der Waals surface area contributed by atoms with Crippen LogP contribution in [0.2, 0.25) is 0 Å². The van der Waals surface area contributed by atoms with E-state index in [1.54, 1.807) is 12.3 Å². The van der Waals surface area contributed by atoms with Crippen LogP contribution in [0.15, 0.2) is 12.3 Å². The first kappa shape index (κ1) is 11.7. The van der Waals surface area contributed by atoms with Crippen molar-refractivity contribution in [3.8, 4) is 5.88 Å². The maximum absolute atomic E-state index is 5.48. The molecule has 1 aromatic rings. The molecule has 0 aromatic carbocycles. The molecule has 0 amide bonds. The van der Waals surface area contributed by atoms with E-state index in [0.717, 1.165) is 0 Å². The van der Waals surface area contributed by atoms with Crippen LogP contribution >= 0.6 is 0 Å². The predicted octanol–water partition coefficient (Wildman–Crippen LogP) is 1.25. The van der Waals surface area contributed by atoms with Gasteiger partial charge in [0.1, 0.15) is 6.61 Å². The second-order valence-corrected chi connectivity index (χ2v) is 4.06. The zero-order chi connectivity index (χ0) is 11.3. The maximum Gasteiger partial charge on any atom is 0.223 e. The lowest BCUT2D eigenvalue weighted by Gasteiger charge is -2.19. The molecule has 1 heterocycles. The minimum atomic E-state index is -0.145. The minimum Gasteiger partial charge on any atom is -0.475 e. The third-order valence-corrected chi connectivity index (χ3v) is 1.52. The number of nitrogens with two attached hydrogens (primary N) is 1. The van der Waals surface area contributed by atoms with E-state index in [-0.39, 0.29) is 11.5 Å². The molecule has 0 saturated carbocycles. The normalized spacial score (nSPS) is 11.4. The largest absolute Gasteiger partial charge is 0.475 e. The minimum absolute atomic E-state index is 0.145. The van der Waals surface area contributed by atoms with Gasteiger partial charge < -0.3 is 15.2 Å². The Morgan fingerprint density at radius 3 is 2.67 bits per heavy atom. The molecule has 5 nitrogen and oxygen atoms in total. The molecule has 15 heavy (non-hydrogen) atoms. The molecular formula is C10H17N3O2. The Hall–Kier alpha value is -1.36. The van der Waals surface area contributed by atoms with Gasteiger partial charge in [0, 0.05) is 12.3 Å². The van der Waals surface area contributed by atoms with E-state index in [4.69, 9.17) is 15.2 Å². The van der Waals surface area contributed by atoms with Crippen LogP contribution in [0.4, 0.5) is 5.95 Å². The van der Waals surface area contributed by atoms with Crippen molar-refractivity contribution in [2.75, 3.05) is 18.9 Å². The summed E-state index contributed by atoms with van der Waals surface area (Å²) in [6, 6.07) is 1.66. The van der Waals surface area contributed by atoms with Gasteiger partial charge in [0.15, 0.2) is 0 Å². The number of nitrogen functional groups attached to an aromatic ring is 1. The fraction of sp³-hybridized carbons (Fsp3) is 0.600. The fourth-order valence-electron chi connectivity index (χ4n) is 0.931. The van der Waals surface area contributed by atoms with Gasteiger partial charge in [-0.15, -0.1) is 0 Å². The van der Waals surface area contributed by atoms with Gasteiger partial charge in [-0.3, -0.25) is 0 Å². The SMILES string of the molecule is CC(C)(C)OCCOc1ccnc(N)n1. The highest BCUT2D eigenvalue weighted by Crippen LogP contribution is 2.08. The molecule has 0 atom stereocenters. The molecule has 2 N–H and O–H groups in total. The number of anilines is 1. The van der Waals surface area contributed by atoms with E-state index in [9.17, 15) is 0 Å². The molecule has 0 aliphatic rings. The molecule has 0 fully saturated rings. The molecule has 84 valence electrons. The van der Waals surface area contributed by atoms with E-state index in [1.807, 2.05) is 20.8 Å². The Morgan fingerprint density at radius 1 is 1.33 bits per heavy atom. The first-order valence-electron chi connectivity index (χ1n) is 4.83. The number of nitrogens with zero attached hydrogens (tertiary/aromatic N) is 2. The highest BCUT2D eigenvalue weighted by atomic mass is 16.5. The summed E-state index contributed by atoms with van der Waals surface area (Å²) in [7, 11) is 0. The summed E-state index contributed by atoms with van der Waals surface area (Å²) in [5.41, 5.74) is 5.25. The number of rotatable bonds is 4. The topological polar surface area (TPSA) is 70.3 Å². The van der Waals surface area contributed by atoms with Gasteiger partial charge in [0.25, 0.3) is 0 Å². The average molecular weight is 211 g/mol.